The first-order valence-electron chi connectivity index (χ1n) is 16.2. The molecule has 2 aromatic heterocycles. The van der Waals surface area contributed by atoms with E-state index in [0.717, 1.165) is 65.2 Å². The predicted octanol–water partition coefficient (Wildman–Crippen LogP) is 4.47. The number of ether oxygens (including phenoxy) is 1. The molecule has 3 N–H and O–H groups in total. The Morgan fingerprint density at radius 2 is 1.75 bits per heavy atom. The number of carbonyl (C=O) groups excluding carboxylic acids is 3. The van der Waals surface area contributed by atoms with E-state index < -0.39 is 11.9 Å². The van der Waals surface area contributed by atoms with Gasteiger partial charge in [0.05, 0.1) is 11.4 Å². The number of benzene rings is 3. The van der Waals surface area contributed by atoms with E-state index in [1.807, 2.05) is 71.4 Å². The van der Waals surface area contributed by atoms with Crippen molar-refractivity contribution in [2.24, 2.45) is 0 Å². The maximum absolute atomic E-state index is 13.2. The minimum atomic E-state index is -0.624. The zero-order chi connectivity index (χ0) is 32.8. The Morgan fingerprint density at radius 3 is 2.56 bits per heavy atom. The van der Waals surface area contributed by atoms with Gasteiger partial charge in [0.25, 0.3) is 5.91 Å². The van der Waals surface area contributed by atoms with Gasteiger partial charge in [-0.25, -0.2) is 14.6 Å². The molecule has 2 atom stereocenters. The van der Waals surface area contributed by atoms with Gasteiger partial charge >= 0.3 is 0 Å². The maximum atomic E-state index is 13.2. The molecule has 48 heavy (non-hydrogen) atoms. The van der Waals surface area contributed by atoms with Gasteiger partial charge in [-0.2, -0.15) is 5.10 Å². The van der Waals surface area contributed by atoms with Crippen LogP contribution in [0.25, 0.3) is 22.3 Å². The second-order valence-electron chi connectivity index (χ2n) is 12.6. The number of nitrogen functional groups attached to an aromatic ring is 1. The molecule has 3 amide bonds. The Labute approximate surface area is 276 Å². The summed E-state index contributed by atoms with van der Waals surface area (Å²) in [5.41, 5.74) is 11.4. The molecule has 0 bridgehead atoms. The summed E-state index contributed by atoms with van der Waals surface area (Å²) in [7, 11) is 0. The first-order valence-corrected chi connectivity index (χ1v) is 16.2. The SMILES string of the molecule is Nc1ncnc2c1c(-c1ccc(Oc3ccccc3)cc1)nn2C1CCCN(Cc2ccc3c(c2)CN(C2CCC(=O)NC2=O)C3=O)C1. The normalized spacial score (nSPS) is 19.8. The quantitative estimate of drug-likeness (QED) is 0.245. The van der Waals surface area contributed by atoms with E-state index in [9.17, 15) is 14.4 Å². The van der Waals surface area contributed by atoms with Crippen LogP contribution in [-0.4, -0.2) is 66.4 Å². The highest BCUT2D eigenvalue weighted by Crippen LogP contribution is 2.35. The standard InChI is InChI=1S/C36H34N8O4/c37-33-31-32(23-9-11-27(12-10-23)48-26-6-2-1-3-7-26)41-44(34(31)39-21-38-33)25-5-4-16-42(20-25)18-22-8-13-28-24(17-22)19-43(36(28)47)29-14-15-30(45)40-35(29)46/h1-3,6-13,17,21,25,29H,4-5,14-16,18-20H2,(H2,37,38,39)(H,40,45,46). The Balaban J connectivity index is 1.00. The molecule has 2 unspecified atom stereocenters. The molecular weight excluding hydrogens is 608 g/mol. The van der Waals surface area contributed by atoms with Gasteiger partial charge in [0, 0.05) is 37.2 Å². The summed E-state index contributed by atoms with van der Waals surface area (Å²) in [6, 6.07) is 22.8. The van der Waals surface area contributed by atoms with Crippen LogP contribution in [0, 0.1) is 0 Å². The third-order valence-electron chi connectivity index (χ3n) is 9.45. The van der Waals surface area contributed by atoms with E-state index in [4.69, 9.17) is 15.6 Å². The first kappa shape index (κ1) is 29.8. The molecule has 3 aromatic carbocycles. The number of hydrogen-bond acceptors (Lipinski definition) is 9. The Kier molecular flexibility index (Phi) is 7.56. The number of rotatable bonds is 7. The van der Waals surface area contributed by atoms with Crippen molar-refractivity contribution in [3.8, 4) is 22.8 Å². The number of anilines is 1. The molecule has 8 rings (SSSR count). The number of nitrogens with two attached hydrogens (primary N) is 1. The van der Waals surface area contributed by atoms with Gasteiger partial charge in [-0.3, -0.25) is 24.6 Å². The number of likely N-dealkylation sites (tertiary alicyclic amines) is 1. The molecule has 12 heteroatoms. The van der Waals surface area contributed by atoms with Crippen molar-refractivity contribution in [1.82, 2.24) is 34.9 Å². The highest BCUT2D eigenvalue weighted by atomic mass is 16.5. The van der Waals surface area contributed by atoms with E-state index in [0.29, 0.717) is 36.5 Å². The van der Waals surface area contributed by atoms with Crippen LogP contribution in [0.2, 0.25) is 0 Å². The Bertz CT molecular complexity index is 2040. The average Bonchev–Trinajstić information content (AvgIpc) is 3.64. The van der Waals surface area contributed by atoms with E-state index >= 15 is 0 Å². The lowest BCUT2D eigenvalue weighted by molar-refractivity contribution is -0.136. The van der Waals surface area contributed by atoms with Crippen LogP contribution in [0.3, 0.4) is 0 Å². The van der Waals surface area contributed by atoms with E-state index in [2.05, 4.69) is 26.3 Å². The molecule has 0 spiro atoms. The summed E-state index contributed by atoms with van der Waals surface area (Å²) >= 11 is 0. The lowest BCUT2D eigenvalue weighted by Gasteiger charge is -2.33. The number of para-hydroxylation sites is 1. The smallest absolute Gasteiger partial charge is 0.255 e. The molecule has 5 aromatic rings. The van der Waals surface area contributed by atoms with Crippen LogP contribution in [0.5, 0.6) is 11.5 Å². The highest BCUT2D eigenvalue weighted by Gasteiger charge is 2.39. The number of nitrogens with zero attached hydrogens (tertiary/aromatic N) is 6. The van der Waals surface area contributed by atoms with E-state index in [1.165, 1.54) is 6.33 Å². The molecule has 3 aliphatic rings. The van der Waals surface area contributed by atoms with Crippen molar-refractivity contribution in [3.05, 3.63) is 95.8 Å². The van der Waals surface area contributed by atoms with Crippen molar-refractivity contribution in [1.29, 1.82) is 0 Å². The molecule has 242 valence electrons. The zero-order valence-electron chi connectivity index (χ0n) is 26.2. The van der Waals surface area contributed by atoms with Crippen LogP contribution in [-0.2, 0) is 22.7 Å². The summed E-state index contributed by atoms with van der Waals surface area (Å²) in [6.07, 6.45) is 4.00. The molecule has 0 radical (unpaired) electrons. The number of imide groups is 1. The van der Waals surface area contributed by atoms with Crippen LogP contribution >= 0.6 is 0 Å². The molecule has 3 aliphatic heterocycles. The number of carbonyl (C=O) groups is 3. The fourth-order valence-electron chi connectivity index (χ4n) is 7.12. The molecule has 12 nitrogen and oxygen atoms in total. The van der Waals surface area contributed by atoms with Gasteiger partial charge in [-0.05, 0) is 79.4 Å². The topological polar surface area (TPSA) is 149 Å². The van der Waals surface area contributed by atoms with Gasteiger partial charge in [0.1, 0.15) is 35.4 Å². The van der Waals surface area contributed by atoms with Gasteiger partial charge < -0.3 is 15.4 Å². The molecule has 5 heterocycles. The van der Waals surface area contributed by atoms with Gasteiger partial charge in [0.15, 0.2) is 5.65 Å². The van der Waals surface area contributed by atoms with Gasteiger partial charge in [-0.15, -0.1) is 0 Å². The first-order chi connectivity index (χ1) is 23.4. The Hall–Kier alpha value is -5.62. The number of piperidine rings is 2. The largest absolute Gasteiger partial charge is 0.457 e. The fraction of sp³-hybridized carbons (Fsp3) is 0.278. The predicted molar refractivity (Wildman–Crippen MR) is 178 cm³/mol. The van der Waals surface area contributed by atoms with Gasteiger partial charge in [-0.1, -0.05) is 30.3 Å². The molecule has 0 saturated carbocycles. The van der Waals surface area contributed by atoms with Crippen molar-refractivity contribution in [2.75, 3.05) is 18.8 Å². The Morgan fingerprint density at radius 1 is 0.938 bits per heavy atom. The van der Waals surface area contributed by atoms with Crippen molar-refractivity contribution >= 4 is 34.6 Å². The van der Waals surface area contributed by atoms with Gasteiger partial charge in [0.2, 0.25) is 11.8 Å². The van der Waals surface area contributed by atoms with E-state index in [-0.39, 0.29) is 24.3 Å². The lowest BCUT2D eigenvalue weighted by Crippen LogP contribution is -2.52. The van der Waals surface area contributed by atoms with Crippen LogP contribution < -0.4 is 15.8 Å². The molecule has 2 saturated heterocycles. The number of amides is 3. The zero-order valence-corrected chi connectivity index (χ0v) is 26.2. The average molecular weight is 643 g/mol. The van der Waals surface area contributed by atoms with Crippen LogP contribution in [0.1, 0.15) is 53.2 Å². The summed E-state index contributed by atoms with van der Waals surface area (Å²) in [4.78, 5) is 50.2. The monoisotopic (exact) mass is 642 g/mol. The summed E-state index contributed by atoms with van der Waals surface area (Å²) in [5, 5.41) is 8.19. The minimum Gasteiger partial charge on any atom is -0.457 e. The molecular formula is C36H34N8O4. The fourth-order valence-corrected chi connectivity index (χ4v) is 7.12. The summed E-state index contributed by atoms with van der Waals surface area (Å²) < 4.78 is 7.99. The van der Waals surface area contributed by atoms with Crippen LogP contribution in [0.15, 0.2) is 79.1 Å². The highest BCUT2D eigenvalue weighted by molar-refractivity contribution is 6.05. The third-order valence-corrected chi connectivity index (χ3v) is 9.45. The number of aromatic nitrogens is 4. The lowest BCUT2D eigenvalue weighted by atomic mass is 10.0. The second-order valence-corrected chi connectivity index (χ2v) is 12.6. The molecule has 2 fully saturated rings. The third kappa shape index (κ3) is 5.53. The van der Waals surface area contributed by atoms with E-state index in [1.54, 1.807) is 4.90 Å². The minimum absolute atomic E-state index is 0.0732. The number of nitrogens with one attached hydrogen (secondary N) is 1. The maximum Gasteiger partial charge on any atom is 0.255 e. The summed E-state index contributed by atoms with van der Waals surface area (Å²) in [5.74, 6) is 1.02. The van der Waals surface area contributed by atoms with Crippen molar-refractivity contribution in [3.63, 3.8) is 0 Å². The number of fused-ring (bicyclic) bond motifs is 2. The van der Waals surface area contributed by atoms with Crippen molar-refractivity contribution < 1.29 is 19.1 Å². The number of hydrogen-bond donors (Lipinski definition) is 2. The van der Waals surface area contributed by atoms with Crippen LogP contribution in [0.4, 0.5) is 5.82 Å². The molecule has 0 aliphatic carbocycles. The van der Waals surface area contributed by atoms with Crippen molar-refractivity contribution in [2.45, 2.75) is 50.9 Å². The summed E-state index contributed by atoms with van der Waals surface area (Å²) in [6.45, 7) is 2.77. The second kappa shape index (κ2) is 12.2.